The molecule has 0 bridgehead atoms. The molecule has 0 aliphatic heterocycles. The standard InChI is InChI=1S/C20H15F2N3O3/c1-27-13-4-6-18(28-2)14(10-13)17-11-24-7-8-25(20(26)19(24)23-17)12-3-5-15(21)16(22)9-12/h3-11H,1-2H3. The lowest BCUT2D eigenvalue weighted by Crippen LogP contribution is -2.20. The summed E-state index contributed by atoms with van der Waals surface area (Å²) in [6, 6.07) is 8.52. The van der Waals surface area contributed by atoms with Crippen molar-refractivity contribution in [1.29, 1.82) is 0 Å². The smallest absolute Gasteiger partial charge is 0.298 e. The minimum Gasteiger partial charge on any atom is -0.497 e. The van der Waals surface area contributed by atoms with E-state index in [0.29, 0.717) is 22.8 Å². The molecule has 28 heavy (non-hydrogen) atoms. The van der Waals surface area contributed by atoms with Gasteiger partial charge in [-0.1, -0.05) is 0 Å². The van der Waals surface area contributed by atoms with Crippen molar-refractivity contribution in [1.82, 2.24) is 14.0 Å². The molecule has 0 saturated carbocycles. The fraction of sp³-hybridized carbons (Fsp3) is 0.100. The molecule has 0 saturated heterocycles. The number of hydrogen-bond acceptors (Lipinski definition) is 4. The van der Waals surface area contributed by atoms with Crippen LogP contribution in [-0.4, -0.2) is 28.2 Å². The molecule has 0 aliphatic rings. The summed E-state index contributed by atoms with van der Waals surface area (Å²) in [6.07, 6.45) is 4.76. The summed E-state index contributed by atoms with van der Waals surface area (Å²) in [5.41, 5.74) is 1.03. The topological polar surface area (TPSA) is 57.8 Å². The molecule has 0 spiro atoms. The molecule has 2 aromatic carbocycles. The molecule has 2 heterocycles. The minimum absolute atomic E-state index is 0.132. The maximum Gasteiger partial charge on any atom is 0.298 e. The maximum atomic E-state index is 13.6. The SMILES string of the molecule is COc1ccc(OC)c(-c2cn3ccn(-c4ccc(F)c(F)c4)c(=O)c3n2)c1. The molecule has 0 aliphatic carbocycles. The largest absolute Gasteiger partial charge is 0.497 e. The fourth-order valence-corrected chi connectivity index (χ4v) is 2.96. The highest BCUT2D eigenvalue weighted by atomic mass is 19.2. The molecule has 0 atom stereocenters. The van der Waals surface area contributed by atoms with E-state index in [0.717, 1.165) is 12.1 Å². The molecule has 2 aromatic heterocycles. The number of nitrogens with zero attached hydrogens (tertiary/aromatic N) is 3. The molecule has 4 rings (SSSR count). The van der Waals surface area contributed by atoms with Gasteiger partial charge < -0.3 is 13.9 Å². The summed E-state index contributed by atoms with van der Waals surface area (Å²) in [7, 11) is 3.09. The molecule has 0 amide bonds. The normalized spacial score (nSPS) is 11.0. The van der Waals surface area contributed by atoms with Crippen molar-refractivity contribution in [2.75, 3.05) is 14.2 Å². The highest BCUT2D eigenvalue weighted by molar-refractivity contribution is 5.70. The summed E-state index contributed by atoms with van der Waals surface area (Å²) in [6.45, 7) is 0. The van der Waals surface area contributed by atoms with Crippen LogP contribution in [0.3, 0.4) is 0 Å². The Hall–Kier alpha value is -3.68. The monoisotopic (exact) mass is 383 g/mol. The van der Waals surface area contributed by atoms with Crippen LogP contribution < -0.4 is 15.0 Å². The van der Waals surface area contributed by atoms with Gasteiger partial charge in [-0.25, -0.2) is 13.8 Å². The Bertz CT molecular complexity index is 1250. The molecule has 0 fully saturated rings. The number of fused-ring (bicyclic) bond motifs is 1. The van der Waals surface area contributed by atoms with Crippen molar-refractivity contribution in [3.05, 3.63) is 77.0 Å². The number of imidazole rings is 1. The van der Waals surface area contributed by atoms with Crippen LogP contribution in [0, 0.1) is 11.6 Å². The van der Waals surface area contributed by atoms with E-state index in [9.17, 15) is 13.6 Å². The van der Waals surface area contributed by atoms with E-state index in [1.54, 1.807) is 42.1 Å². The van der Waals surface area contributed by atoms with Crippen LogP contribution in [-0.2, 0) is 0 Å². The Morgan fingerprint density at radius 1 is 0.964 bits per heavy atom. The second-order valence-electron chi connectivity index (χ2n) is 5.99. The van der Waals surface area contributed by atoms with Gasteiger partial charge in [-0.2, -0.15) is 0 Å². The van der Waals surface area contributed by atoms with Crippen LogP contribution in [0.5, 0.6) is 11.5 Å². The van der Waals surface area contributed by atoms with Gasteiger partial charge in [0.25, 0.3) is 5.56 Å². The third-order valence-electron chi connectivity index (χ3n) is 4.38. The number of aromatic nitrogens is 3. The third-order valence-corrected chi connectivity index (χ3v) is 4.38. The minimum atomic E-state index is -1.03. The van der Waals surface area contributed by atoms with Crippen LogP contribution in [0.15, 0.2) is 59.8 Å². The van der Waals surface area contributed by atoms with E-state index in [2.05, 4.69) is 4.98 Å². The van der Waals surface area contributed by atoms with Gasteiger partial charge in [0, 0.05) is 30.2 Å². The highest BCUT2D eigenvalue weighted by Gasteiger charge is 2.15. The predicted octanol–water partition coefficient (Wildman–Crippen LogP) is 3.45. The molecular formula is C20H15F2N3O3. The first-order valence-corrected chi connectivity index (χ1v) is 8.30. The number of ether oxygens (including phenoxy) is 2. The second kappa shape index (κ2) is 6.80. The van der Waals surface area contributed by atoms with Crippen LogP contribution in [0.2, 0.25) is 0 Å². The molecule has 142 valence electrons. The first-order valence-electron chi connectivity index (χ1n) is 8.30. The number of benzene rings is 2. The molecule has 0 unspecified atom stereocenters. The first kappa shape index (κ1) is 17.7. The molecule has 0 N–H and O–H groups in total. The predicted molar refractivity (Wildman–Crippen MR) is 99.2 cm³/mol. The number of rotatable bonds is 4. The summed E-state index contributed by atoms with van der Waals surface area (Å²) in [5, 5.41) is 0. The molecule has 6 nitrogen and oxygen atoms in total. The van der Waals surface area contributed by atoms with Gasteiger partial charge in [-0.05, 0) is 30.3 Å². The van der Waals surface area contributed by atoms with E-state index in [1.807, 2.05) is 0 Å². The first-order chi connectivity index (χ1) is 13.5. The summed E-state index contributed by atoms with van der Waals surface area (Å²) in [5.74, 6) is -0.822. The van der Waals surface area contributed by atoms with Crippen molar-refractivity contribution in [2.45, 2.75) is 0 Å². The Morgan fingerprint density at radius 2 is 1.79 bits per heavy atom. The number of hydrogen-bond donors (Lipinski definition) is 0. The molecule has 0 radical (unpaired) electrons. The fourth-order valence-electron chi connectivity index (χ4n) is 2.96. The summed E-state index contributed by atoms with van der Waals surface area (Å²) >= 11 is 0. The van der Waals surface area contributed by atoms with Crippen LogP contribution in [0.25, 0.3) is 22.6 Å². The van der Waals surface area contributed by atoms with Crippen LogP contribution in [0.4, 0.5) is 8.78 Å². The van der Waals surface area contributed by atoms with Gasteiger partial charge in [0.05, 0.1) is 25.6 Å². The zero-order valence-corrected chi connectivity index (χ0v) is 15.0. The Morgan fingerprint density at radius 3 is 2.50 bits per heavy atom. The van der Waals surface area contributed by atoms with Gasteiger partial charge in [0.2, 0.25) is 5.65 Å². The van der Waals surface area contributed by atoms with Crippen LogP contribution >= 0.6 is 0 Å². The van der Waals surface area contributed by atoms with Gasteiger partial charge in [-0.15, -0.1) is 0 Å². The molecular weight excluding hydrogens is 368 g/mol. The Labute approximate surface area is 158 Å². The number of methoxy groups -OCH3 is 2. The molecule has 4 aromatic rings. The third kappa shape index (κ3) is 2.88. The Kier molecular flexibility index (Phi) is 4.31. The van der Waals surface area contributed by atoms with Crippen molar-refractivity contribution < 1.29 is 18.3 Å². The molecule has 8 heteroatoms. The lowest BCUT2D eigenvalue weighted by atomic mass is 10.1. The second-order valence-corrected chi connectivity index (χ2v) is 5.99. The van der Waals surface area contributed by atoms with E-state index in [-0.39, 0.29) is 11.3 Å². The van der Waals surface area contributed by atoms with Crippen molar-refractivity contribution in [2.24, 2.45) is 0 Å². The zero-order chi connectivity index (χ0) is 19.8. The van der Waals surface area contributed by atoms with E-state index in [4.69, 9.17) is 9.47 Å². The highest BCUT2D eigenvalue weighted by Crippen LogP contribution is 2.32. The van der Waals surface area contributed by atoms with Crippen molar-refractivity contribution in [3.63, 3.8) is 0 Å². The maximum absolute atomic E-state index is 13.6. The van der Waals surface area contributed by atoms with E-state index < -0.39 is 17.2 Å². The lowest BCUT2D eigenvalue weighted by Gasteiger charge is -2.08. The average molecular weight is 383 g/mol. The lowest BCUT2D eigenvalue weighted by molar-refractivity contribution is 0.404. The summed E-state index contributed by atoms with van der Waals surface area (Å²) < 4.78 is 40.1. The zero-order valence-electron chi connectivity index (χ0n) is 15.0. The Balaban J connectivity index is 1.88. The average Bonchev–Trinajstić information content (AvgIpc) is 3.15. The van der Waals surface area contributed by atoms with Gasteiger partial charge in [0.15, 0.2) is 11.6 Å². The van der Waals surface area contributed by atoms with Gasteiger partial charge >= 0.3 is 0 Å². The van der Waals surface area contributed by atoms with E-state index in [1.165, 1.54) is 23.9 Å². The van der Waals surface area contributed by atoms with Gasteiger partial charge in [-0.3, -0.25) is 9.36 Å². The van der Waals surface area contributed by atoms with Crippen molar-refractivity contribution >= 4 is 5.65 Å². The van der Waals surface area contributed by atoms with E-state index >= 15 is 0 Å². The summed E-state index contributed by atoms with van der Waals surface area (Å²) in [4.78, 5) is 17.3. The van der Waals surface area contributed by atoms with Gasteiger partial charge in [0.1, 0.15) is 11.5 Å². The quantitative estimate of drug-likeness (QED) is 0.542. The van der Waals surface area contributed by atoms with Crippen molar-refractivity contribution in [3.8, 4) is 28.4 Å². The van der Waals surface area contributed by atoms with Crippen LogP contribution in [0.1, 0.15) is 0 Å². The number of halogens is 2.